The second-order valence-corrected chi connectivity index (χ2v) is 3.21. The molecule has 0 fully saturated rings. The average molecular weight is 200 g/mol. The molecule has 0 saturated heterocycles. The van der Waals surface area contributed by atoms with Gasteiger partial charge in [-0.25, -0.2) is 0 Å². The van der Waals surface area contributed by atoms with E-state index in [0.717, 1.165) is 5.57 Å². The van der Waals surface area contributed by atoms with Crippen LogP contribution in [0, 0.1) is 0 Å². The van der Waals surface area contributed by atoms with E-state index in [-0.39, 0.29) is 25.4 Å². The van der Waals surface area contributed by atoms with Crippen molar-refractivity contribution in [2.24, 2.45) is 0 Å². The number of carbonyl (C=O) groups is 2. The molecule has 0 spiro atoms. The third-order valence-corrected chi connectivity index (χ3v) is 1.51. The van der Waals surface area contributed by atoms with Crippen LogP contribution in [0.3, 0.4) is 0 Å². The first-order chi connectivity index (χ1) is 6.52. The summed E-state index contributed by atoms with van der Waals surface area (Å²) in [6, 6.07) is 0. The van der Waals surface area contributed by atoms with Crippen molar-refractivity contribution in [2.75, 3.05) is 6.61 Å². The Kier molecular flexibility index (Phi) is 6.45. The number of carboxylic acids is 1. The lowest BCUT2D eigenvalue weighted by Crippen LogP contribution is -2.05. The van der Waals surface area contributed by atoms with Gasteiger partial charge in [-0.1, -0.05) is 5.57 Å². The van der Waals surface area contributed by atoms with Crippen LogP contribution in [0.2, 0.25) is 0 Å². The van der Waals surface area contributed by atoms with Crippen LogP contribution in [0.5, 0.6) is 0 Å². The fourth-order valence-corrected chi connectivity index (χ4v) is 0.757. The average Bonchev–Trinajstić information content (AvgIpc) is 2.02. The van der Waals surface area contributed by atoms with Crippen molar-refractivity contribution in [1.29, 1.82) is 0 Å². The molecule has 0 aromatic heterocycles. The van der Waals surface area contributed by atoms with Crippen molar-refractivity contribution >= 4 is 11.9 Å². The number of ether oxygens (including phenoxy) is 1. The number of allylic oxidation sites excluding steroid dienone is 1. The van der Waals surface area contributed by atoms with Crippen LogP contribution in [0.1, 0.15) is 33.1 Å². The van der Waals surface area contributed by atoms with Crippen molar-refractivity contribution in [1.82, 2.24) is 0 Å². The third-order valence-electron chi connectivity index (χ3n) is 1.51. The molecule has 0 bridgehead atoms. The van der Waals surface area contributed by atoms with Gasteiger partial charge in [-0.3, -0.25) is 9.59 Å². The van der Waals surface area contributed by atoms with Crippen molar-refractivity contribution in [3.8, 4) is 0 Å². The zero-order chi connectivity index (χ0) is 11.0. The zero-order valence-corrected chi connectivity index (χ0v) is 8.58. The smallest absolute Gasteiger partial charge is 0.306 e. The van der Waals surface area contributed by atoms with Gasteiger partial charge in [0.25, 0.3) is 0 Å². The van der Waals surface area contributed by atoms with Gasteiger partial charge in [0.15, 0.2) is 0 Å². The van der Waals surface area contributed by atoms with Gasteiger partial charge in [0.2, 0.25) is 0 Å². The molecule has 0 saturated carbocycles. The van der Waals surface area contributed by atoms with E-state index >= 15 is 0 Å². The van der Waals surface area contributed by atoms with E-state index in [2.05, 4.69) is 0 Å². The molecule has 0 aliphatic rings. The van der Waals surface area contributed by atoms with Crippen LogP contribution in [0.4, 0.5) is 0 Å². The minimum absolute atomic E-state index is 0.0117. The Bertz CT molecular complexity index is 226. The Hall–Kier alpha value is -1.32. The van der Waals surface area contributed by atoms with Gasteiger partial charge < -0.3 is 9.84 Å². The summed E-state index contributed by atoms with van der Waals surface area (Å²) in [5.41, 5.74) is 1.09. The number of aliphatic carboxylic acids is 1. The lowest BCUT2D eigenvalue weighted by atomic mass is 10.2. The van der Waals surface area contributed by atoms with Gasteiger partial charge in [0.1, 0.15) is 6.61 Å². The number of rotatable bonds is 6. The summed E-state index contributed by atoms with van der Waals surface area (Å²) < 4.78 is 4.83. The number of hydrogen-bond acceptors (Lipinski definition) is 3. The van der Waals surface area contributed by atoms with Gasteiger partial charge in [-0.15, -0.1) is 0 Å². The molecule has 0 aliphatic carbocycles. The second kappa shape index (κ2) is 7.12. The van der Waals surface area contributed by atoms with E-state index in [4.69, 9.17) is 9.84 Å². The Morgan fingerprint density at radius 3 is 2.43 bits per heavy atom. The number of carboxylic acid groups (broad SMARTS) is 1. The van der Waals surface area contributed by atoms with Gasteiger partial charge in [-0.05, 0) is 26.3 Å². The molecule has 0 aliphatic heterocycles. The molecular formula is C10H16O4. The van der Waals surface area contributed by atoms with Gasteiger partial charge in [0.05, 0.1) is 0 Å². The van der Waals surface area contributed by atoms with E-state index in [1.807, 2.05) is 13.8 Å². The topological polar surface area (TPSA) is 63.6 Å². The molecule has 0 amide bonds. The fraction of sp³-hybridized carbons (Fsp3) is 0.600. The first-order valence-corrected chi connectivity index (χ1v) is 4.53. The van der Waals surface area contributed by atoms with Crippen LogP contribution >= 0.6 is 0 Å². The summed E-state index contributed by atoms with van der Waals surface area (Å²) in [6.45, 7) is 4.10. The second-order valence-electron chi connectivity index (χ2n) is 3.21. The summed E-state index contributed by atoms with van der Waals surface area (Å²) in [7, 11) is 0. The third kappa shape index (κ3) is 8.77. The van der Waals surface area contributed by atoms with Gasteiger partial charge in [0, 0.05) is 12.8 Å². The van der Waals surface area contributed by atoms with E-state index in [0.29, 0.717) is 6.42 Å². The minimum atomic E-state index is -0.887. The molecule has 0 unspecified atom stereocenters. The van der Waals surface area contributed by atoms with Crippen molar-refractivity contribution in [3.05, 3.63) is 11.6 Å². The summed E-state index contributed by atoms with van der Waals surface area (Å²) >= 11 is 0. The summed E-state index contributed by atoms with van der Waals surface area (Å²) in [6.07, 6.45) is 2.32. The molecule has 0 heterocycles. The Morgan fingerprint density at radius 1 is 1.29 bits per heavy atom. The lowest BCUT2D eigenvalue weighted by Gasteiger charge is -2.00. The summed E-state index contributed by atoms with van der Waals surface area (Å²) in [4.78, 5) is 21.1. The molecule has 0 rings (SSSR count). The monoisotopic (exact) mass is 200 g/mol. The van der Waals surface area contributed by atoms with Gasteiger partial charge >= 0.3 is 11.9 Å². The molecule has 80 valence electrons. The minimum Gasteiger partial charge on any atom is -0.481 e. The Labute approximate surface area is 83.6 Å². The Balaban J connectivity index is 3.47. The van der Waals surface area contributed by atoms with Gasteiger partial charge in [-0.2, -0.15) is 0 Å². The quantitative estimate of drug-likeness (QED) is 0.524. The first-order valence-electron chi connectivity index (χ1n) is 4.53. The van der Waals surface area contributed by atoms with E-state index < -0.39 is 5.97 Å². The molecule has 0 radical (unpaired) electrons. The molecule has 0 aromatic carbocycles. The highest BCUT2D eigenvalue weighted by molar-refractivity contribution is 5.71. The van der Waals surface area contributed by atoms with Crippen molar-refractivity contribution < 1.29 is 19.4 Å². The predicted octanol–water partition coefficient (Wildman–Crippen LogP) is 1.75. The molecule has 0 atom stereocenters. The maximum atomic E-state index is 11.0. The predicted molar refractivity (Wildman–Crippen MR) is 51.9 cm³/mol. The molecule has 4 heteroatoms. The molecule has 1 N–H and O–H groups in total. The van der Waals surface area contributed by atoms with E-state index in [1.165, 1.54) is 0 Å². The standard InChI is InChI=1S/C10H16O4/c1-8(2)6-7-14-10(13)5-3-4-9(11)12/h6H,3-5,7H2,1-2H3,(H,11,12). The number of hydrogen-bond donors (Lipinski definition) is 1. The highest BCUT2D eigenvalue weighted by Gasteiger charge is 2.03. The van der Waals surface area contributed by atoms with E-state index in [9.17, 15) is 9.59 Å². The highest BCUT2D eigenvalue weighted by atomic mass is 16.5. The van der Waals surface area contributed by atoms with Crippen LogP contribution in [-0.2, 0) is 14.3 Å². The molecule has 4 nitrogen and oxygen atoms in total. The van der Waals surface area contributed by atoms with Crippen LogP contribution in [0.15, 0.2) is 11.6 Å². The van der Waals surface area contributed by atoms with Crippen LogP contribution in [0.25, 0.3) is 0 Å². The normalized spacial score (nSPS) is 9.29. The van der Waals surface area contributed by atoms with Crippen molar-refractivity contribution in [3.63, 3.8) is 0 Å². The lowest BCUT2D eigenvalue weighted by molar-refractivity contribution is -0.142. The summed E-state index contributed by atoms with van der Waals surface area (Å²) in [5, 5.41) is 8.31. The van der Waals surface area contributed by atoms with Crippen LogP contribution in [-0.4, -0.2) is 23.7 Å². The molecular weight excluding hydrogens is 184 g/mol. The Morgan fingerprint density at radius 2 is 1.93 bits per heavy atom. The summed E-state index contributed by atoms with van der Waals surface area (Å²) in [5.74, 6) is -1.23. The van der Waals surface area contributed by atoms with Crippen molar-refractivity contribution in [2.45, 2.75) is 33.1 Å². The highest BCUT2D eigenvalue weighted by Crippen LogP contribution is 1.98. The zero-order valence-electron chi connectivity index (χ0n) is 8.58. The van der Waals surface area contributed by atoms with Crippen LogP contribution < -0.4 is 0 Å². The number of carbonyl (C=O) groups excluding carboxylic acids is 1. The molecule has 14 heavy (non-hydrogen) atoms. The fourth-order valence-electron chi connectivity index (χ4n) is 0.757. The molecule has 0 aromatic rings. The largest absolute Gasteiger partial charge is 0.481 e. The number of esters is 1. The van der Waals surface area contributed by atoms with E-state index in [1.54, 1.807) is 6.08 Å². The maximum Gasteiger partial charge on any atom is 0.306 e. The SMILES string of the molecule is CC(C)=CCOC(=O)CCCC(=O)O. The maximum absolute atomic E-state index is 11.0. The first kappa shape index (κ1) is 12.7.